The molecule has 0 N–H and O–H groups in total. The van der Waals surface area contributed by atoms with Crippen LogP contribution in [0, 0.1) is 0 Å². The van der Waals surface area contributed by atoms with Crippen molar-refractivity contribution in [3.05, 3.63) is 84.4 Å². The lowest BCUT2D eigenvalue weighted by atomic mass is 10.0. The van der Waals surface area contributed by atoms with Crippen LogP contribution in [0.4, 0.5) is 0 Å². The second-order valence-corrected chi connectivity index (χ2v) is 6.56. The minimum atomic E-state index is -0.0896. The first-order valence-corrected chi connectivity index (χ1v) is 8.78. The average molecular weight is 347 g/mol. The number of carbonyl (C=O) groups excluding carboxylic acids is 1. The highest BCUT2D eigenvalue weighted by Crippen LogP contribution is 2.26. The Hall–Kier alpha value is -2.92. The van der Waals surface area contributed by atoms with Gasteiger partial charge in [0.2, 0.25) is 0 Å². The summed E-state index contributed by atoms with van der Waals surface area (Å²) in [5.74, 6) is 0.0312. The Morgan fingerprint density at radius 2 is 2.00 bits per heavy atom. The summed E-state index contributed by atoms with van der Waals surface area (Å²) in [6, 6.07) is 17.8. The molecule has 0 aliphatic carbocycles. The summed E-state index contributed by atoms with van der Waals surface area (Å²) in [4.78, 5) is 19.1. The maximum Gasteiger partial charge on any atom is 0.254 e. The summed E-state index contributed by atoms with van der Waals surface area (Å²) in [5.41, 5.74) is 2.70. The summed E-state index contributed by atoms with van der Waals surface area (Å²) < 4.78 is 7.86. The smallest absolute Gasteiger partial charge is 0.254 e. The zero-order chi connectivity index (χ0) is 17.9. The van der Waals surface area contributed by atoms with E-state index in [0.29, 0.717) is 18.7 Å². The lowest BCUT2D eigenvalue weighted by Gasteiger charge is -2.38. The van der Waals surface area contributed by atoms with Crippen LogP contribution >= 0.6 is 0 Å². The highest BCUT2D eigenvalue weighted by atomic mass is 16.5. The molecule has 2 unspecified atom stereocenters. The first kappa shape index (κ1) is 16.5. The summed E-state index contributed by atoms with van der Waals surface area (Å²) in [5, 5.41) is 0. The first-order chi connectivity index (χ1) is 12.7. The molecular weight excluding hydrogens is 326 g/mol. The number of carbonyl (C=O) groups is 1. The second kappa shape index (κ2) is 7.14. The van der Waals surface area contributed by atoms with E-state index in [1.54, 1.807) is 12.5 Å². The van der Waals surface area contributed by atoms with E-state index < -0.39 is 0 Å². The zero-order valence-electron chi connectivity index (χ0n) is 14.7. The number of benzene rings is 2. The highest BCUT2D eigenvalue weighted by molar-refractivity contribution is 5.95. The molecule has 0 spiro atoms. The van der Waals surface area contributed by atoms with E-state index in [0.717, 1.165) is 11.3 Å². The summed E-state index contributed by atoms with van der Waals surface area (Å²) in [6.07, 6.45) is 5.23. The lowest BCUT2D eigenvalue weighted by molar-refractivity contribution is -0.0486. The number of hydrogen-bond donors (Lipinski definition) is 0. The van der Waals surface area contributed by atoms with Crippen molar-refractivity contribution in [2.45, 2.75) is 19.1 Å². The molecule has 3 aromatic rings. The van der Waals surface area contributed by atoms with Crippen molar-refractivity contribution in [1.82, 2.24) is 14.5 Å². The molecule has 26 heavy (non-hydrogen) atoms. The number of ether oxygens (including phenoxy) is 1. The lowest BCUT2D eigenvalue weighted by Crippen LogP contribution is -2.48. The average Bonchev–Trinajstić information content (AvgIpc) is 3.23. The van der Waals surface area contributed by atoms with Crippen molar-refractivity contribution >= 4 is 5.91 Å². The molecule has 0 radical (unpaired) electrons. The van der Waals surface area contributed by atoms with Gasteiger partial charge >= 0.3 is 0 Å². The quantitative estimate of drug-likeness (QED) is 0.729. The highest BCUT2D eigenvalue weighted by Gasteiger charge is 2.31. The van der Waals surface area contributed by atoms with E-state index in [1.807, 2.05) is 77.2 Å². The van der Waals surface area contributed by atoms with Crippen molar-refractivity contribution in [2.75, 3.05) is 13.2 Å². The van der Waals surface area contributed by atoms with Crippen LogP contribution in [0.5, 0.6) is 0 Å². The number of aromatic nitrogens is 2. The van der Waals surface area contributed by atoms with Crippen LogP contribution in [0.25, 0.3) is 5.69 Å². The van der Waals surface area contributed by atoms with Gasteiger partial charge in [-0.3, -0.25) is 4.79 Å². The molecule has 1 aromatic heterocycles. The fourth-order valence-corrected chi connectivity index (χ4v) is 3.29. The van der Waals surface area contributed by atoms with Crippen LogP contribution in [0.3, 0.4) is 0 Å². The molecule has 2 aromatic carbocycles. The molecule has 5 nitrogen and oxygen atoms in total. The Balaban J connectivity index is 1.57. The van der Waals surface area contributed by atoms with Crippen molar-refractivity contribution in [1.29, 1.82) is 0 Å². The van der Waals surface area contributed by atoms with Crippen molar-refractivity contribution in [2.24, 2.45) is 0 Å². The summed E-state index contributed by atoms with van der Waals surface area (Å²) >= 11 is 0. The third kappa shape index (κ3) is 3.26. The molecular formula is C21H21N3O2. The predicted molar refractivity (Wildman–Crippen MR) is 99.2 cm³/mol. The number of morpholine rings is 1. The van der Waals surface area contributed by atoms with Gasteiger partial charge in [-0.2, -0.15) is 0 Å². The van der Waals surface area contributed by atoms with Crippen molar-refractivity contribution in [3.63, 3.8) is 0 Å². The van der Waals surface area contributed by atoms with Crippen LogP contribution in [-0.4, -0.2) is 39.6 Å². The van der Waals surface area contributed by atoms with Crippen LogP contribution in [-0.2, 0) is 4.74 Å². The third-order valence-corrected chi connectivity index (χ3v) is 4.76. The van der Waals surface area contributed by atoms with Gasteiger partial charge < -0.3 is 14.2 Å². The van der Waals surface area contributed by atoms with Gasteiger partial charge in [-0.25, -0.2) is 4.98 Å². The topological polar surface area (TPSA) is 47.4 Å². The summed E-state index contributed by atoms with van der Waals surface area (Å²) in [6.45, 7) is 3.12. The largest absolute Gasteiger partial charge is 0.370 e. The maximum absolute atomic E-state index is 13.2. The molecule has 5 heteroatoms. The zero-order valence-corrected chi connectivity index (χ0v) is 14.7. The van der Waals surface area contributed by atoms with Crippen LogP contribution in [0.15, 0.2) is 73.3 Å². The molecule has 1 saturated heterocycles. The number of rotatable bonds is 3. The predicted octanol–water partition coefficient (Wildman–Crippen LogP) is 3.47. The van der Waals surface area contributed by atoms with Gasteiger partial charge in [-0.05, 0) is 30.7 Å². The maximum atomic E-state index is 13.2. The Kier molecular flexibility index (Phi) is 4.54. The molecule has 2 atom stereocenters. The van der Waals surface area contributed by atoms with Crippen LogP contribution in [0.2, 0.25) is 0 Å². The van der Waals surface area contributed by atoms with Gasteiger partial charge in [0.05, 0.1) is 25.5 Å². The Labute approximate surface area is 152 Å². The van der Waals surface area contributed by atoms with Crippen LogP contribution in [0.1, 0.15) is 28.9 Å². The van der Waals surface area contributed by atoms with Gasteiger partial charge in [0.15, 0.2) is 0 Å². The number of hydrogen-bond acceptors (Lipinski definition) is 3. The molecule has 1 fully saturated rings. The SMILES string of the molecule is CC1COC(c2ccccc2)CN1C(=O)c1cccc(-n2ccnc2)c1. The van der Waals surface area contributed by atoms with E-state index in [-0.39, 0.29) is 18.1 Å². The first-order valence-electron chi connectivity index (χ1n) is 8.78. The van der Waals surface area contributed by atoms with E-state index >= 15 is 0 Å². The van der Waals surface area contributed by atoms with Gasteiger partial charge in [-0.1, -0.05) is 36.4 Å². The molecule has 0 bridgehead atoms. The van der Waals surface area contributed by atoms with Crippen LogP contribution < -0.4 is 0 Å². The molecule has 1 amide bonds. The Bertz CT molecular complexity index is 877. The Morgan fingerprint density at radius 3 is 2.77 bits per heavy atom. The van der Waals surface area contributed by atoms with E-state index in [9.17, 15) is 4.79 Å². The van der Waals surface area contributed by atoms with Crippen molar-refractivity contribution < 1.29 is 9.53 Å². The Morgan fingerprint density at radius 1 is 1.15 bits per heavy atom. The fourth-order valence-electron chi connectivity index (χ4n) is 3.29. The van der Waals surface area contributed by atoms with E-state index in [1.165, 1.54) is 0 Å². The standard InChI is InChI=1S/C21H21N3O2/c1-16-14-26-20(17-6-3-2-4-7-17)13-24(16)21(25)18-8-5-9-19(12-18)23-11-10-22-15-23/h2-12,15-16,20H,13-14H2,1H3. The van der Waals surface area contributed by atoms with Gasteiger partial charge in [0.1, 0.15) is 6.10 Å². The molecule has 4 rings (SSSR count). The minimum Gasteiger partial charge on any atom is -0.370 e. The van der Waals surface area contributed by atoms with E-state index in [2.05, 4.69) is 4.98 Å². The van der Waals surface area contributed by atoms with Gasteiger partial charge in [0.25, 0.3) is 5.91 Å². The number of nitrogens with zero attached hydrogens (tertiary/aromatic N) is 3. The second-order valence-electron chi connectivity index (χ2n) is 6.56. The van der Waals surface area contributed by atoms with Gasteiger partial charge in [0, 0.05) is 23.6 Å². The summed E-state index contributed by atoms with van der Waals surface area (Å²) in [7, 11) is 0. The number of imidazole rings is 1. The molecule has 2 heterocycles. The van der Waals surface area contributed by atoms with Crippen molar-refractivity contribution in [3.8, 4) is 5.69 Å². The minimum absolute atomic E-state index is 0.0312. The molecule has 132 valence electrons. The monoisotopic (exact) mass is 347 g/mol. The normalized spacial score (nSPS) is 20.1. The number of amides is 1. The van der Waals surface area contributed by atoms with E-state index in [4.69, 9.17) is 4.74 Å². The molecule has 1 aliphatic heterocycles. The fraction of sp³-hybridized carbons (Fsp3) is 0.238. The third-order valence-electron chi connectivity index (χ3n) is 4.76. The molecule has 1 aliphatic rings. The molecule has 0 saturated carbocycles. The van der Waals surface area contributed by atoms with Gasteiger partial charge in [-0.15, -0.1) is 0 Å².